The van der Waals surface area contributed by atoms with E-state index in [4.69, 9.17) is 9.47 Å². The third kappa shape index (κ3) is 6.57. The van der Waals surface area contributed by atoms with Gasteiger partial charge in [0.15, 0.2) is 6.61 Å². The predicted octanol–water partition coefficient (Wildman–Crippen LogP) is 2.37. The fraction of sp³-hybridized carbons (Fsp3) is 0.208. The minimum atomic E-state index is -0.675. The number of esters is 1. The zero-order valence-electron chi connectivity index (χ0n) is 17.2. The highest BCUT2D eigenvalue weighted by Gasteiger charge is 2.11. The molecule has 0 aromatic heterocycles. The van der Waals surface area contributed by atoms with Crippen molar-refractivity contribution in [3.8, 4) is 5.75 Å². The molecular formula is C24H24N2O5. The van der Waals surface area contributed by atoms with Crippen molar-refractivity contribution < 1.29 is 23.9 Å². The summed E-state index contributed by atoms with van der Waals surface area (Å²) in [6.45, 7) is -0.397. The summed E-state index contributed by atoms with van der Waals surface area (Å²) < 4.78 is 9.99. The van der Waals surface area contributed by atoms with Gasteiger partial charge in [-0.1, -0.05) is 54.6 Å². The van der Waals surface area contributed by atoms with Gasteiger partial charge in [0, 0.05) is 6.54 Å². The average molecular weight is 420 g/mol. The van der Waals surface area contributed by atoms with Gasteiger partial charge in [-0.05, 0) is 34.0 Å². The van der Waals surface area contributed by atoms with E-state index >= 15 is 0 Å². The smallest absolute Gasteiger partial charge is 0.325 e. The Balaban J connectivity index is 1.37. The lowest BCUT2D eigenvalue weighted by molar-refractivity contribution is -0.148. The summed E-state index contributed by atoms with van der Waals surface area (Å²) >= 11 is 0. The van der Waals surface area contributed by atoms with Gasteiger partial charge in [-0.3, -0.25) is 14.4 Å². The number of rotatable bonds is 9. The van der Waals surface area contributed by atoms with Crippen LogP contribution in [0.4, 0.5) is 0 Å². The Morgan fingerprint density at radius 1 is 0.839 bits per heavy atom. The number of benzene rings is 3. The van der Waals surface area contributed by atoms with E-state index in [1.165, 1.54) is 0 Å². The van der Waals surface area contributed by atoms with E-state index in [2.05, 4.69) is 10.6 Å². The molecule has 0 saturated carbocycles. The molecule has 3 aromatic carbocycles. The number of carbonyl (C=O) groups is 3. The summed E-state index contributed by atoms with van der Waals surface area (Å²) in [5.41, 5.74) is 1.77. The lowest BCUT2D eigenvalue weighted by atomic mass is 10.0. The molecule has 0 atom stereocenters. The monoisotopic (exact) mass is 420 g/mol. The number of ether oxygens (including phenoxy) is 2. The van der Waals surface area contributed by atoms with Crippen LogP contribution < -0.4 is 15.4 Å². The molecule has 0 radical (unpaired) electrons. The Kier molecular flexibility index (Phi) is 7.59. The second-order valence-corrected chi connectivity index (χ2v) is 6.88. The van der Waals surface area contributed by atoms with Crippen molar-refractivity contribution in [2.75, 3.05) is 20.3 Å². The molecule has 3 aromatic rings. The highest BCUT2D eigenvalue weighted by Crippen LogP contribution is 2.18. The first-order valence-electron chi connectivity index (χ1n) is 9.84. The van der Waals surface area contributed by atoms with Crippen molar-refractivity contribution in [2.45, 2.75) is 13.0 Å². The SMILES string of the molecule is COc1ccc(CNC(=O)COC(=O)CNC(=O)Cc2cccc3ccccc23)cc1. The van der Waals surface area contributed by atoms with E-state index in [9.17, 15) is 14.4 Å². The summed E-state index contributed by atoms with van der Waals surface area (Å²) in [5.74, 6) is -0.666. The number of hydrogen-bond donors (Lipinski definition) is 2. The van der Waals surface area contributed by atoms with Crippen LogP contribution in [-0.2, 0) is 32.1 Å². The number of fused-ring (bicyclic) bond motifs is 1. The summed E-state index contributed by atoms with van der Waals surface area (Å²) in [4.78, 5) is 35.9. The molecule has 2 amide bonds. The van der Waals surface area contributed by atoms with Gasteiger partial charge in [0.1, 0.15) is 12.3 Å². The zero-order chi connectivity index (χ0) is 22.1. The van der Waals surface area contributed by atoms with Gasteiger partial charge >= 0.3 is 5.97 Å². The maximum atomic E-state index is 12.2. The summed E-state index contributed by atoms with van der Waals surface area (Å²) in [7, 11) is 1.58. The van der Waals surface area contributed by atoms with Crippen LogP contribution in [0, 0.1) is 0 Å². The highest BCUT2D eigenvalue weighted by atomic mass is 16.5. The van der Waals surface area contributed by atoms with Crippen LogP contribution in [0.2, 0.25) is 0 Å². The van der Waals surface area contributed by atoms with Crippen molar-refractivity contribution >= 4 is 28.6 Å². The molecule has 0 heterocycles. The minimum Gasteiger partial charge on any atom is -0.497 e. The van der Waals surface area contributed by atoms with Crippen LogP contribution in [0.1, 0.15) is 11.1 Å². The van der Waals surface area contributed by atoms with E-state index in [0.717, 1.165) is 27.6 Å². The molecule has 0 fully saturated rings. The normalized spacial score (nSPS) is 10.4. The molecule has 7 nitrogen and oxygen atoms in total. The van der Waals surface area contributed by atoms with Gasteiger partial charge in [0.2, 0.25) is 5.91 Å². The van der Waals surface area contributed by atoms with Crippen molar-refractivity contribution in [1.29, 1.82) is 0 Å². The number of carbonyl (C=O) groups excluding carboxylic acids is 3. The summed E-state index contributed by atoms with van der Waals surface area (Å²) in [6.07, 6.45) is 0.150. The number of methoxy groups -OCH3 is 1. The fourth-order valence-corrected chi connectivity index (χ4v) is 3.05. The van der Waals surface area contributed by atoms with E-state index < -0.39 is 18.5 Å². The Morgan fingerprint density at radius 3 is 2.35 bits per heavy atom. The summed E-state index contributed by atoms with van der Waals surface area (Å²) in [5, 5.41) is 7.24. The topological polar surface area (TPSA) is 93.7 Å². The maximum Gasteiger partial charge on any atom is 0.325 e. The van der Waals surface area contributed by atoms with Crippen molar-refractivity contribution in [3.63, 3.8) is 0 Å². The quantitative estimate of drug-likeness (QED) is 0.519. The van der Waals surface area contributed by atoms with E-state index in [1.54, 1.807) is 19.2 Å². The second-order valence-electron chi connectivity index (χ2n) is 6.88. The molecule has 31 heavy (non-hydrogen) atoms. The highest BCUT2D eigenvalue weighted by molar-refractivity contribution is 5.91. The van der Waals surface area contributed by atoms with Gasteiger partial charge in [-0.2, -0.15) is 0 Å². The fourth-order valence-electron chi connectivity index (χ4n) is 3.05. The molecule has 0 aliphatic heterocycles. The Hall–Kier alpha value is -3.87. The lowest BCUT2D eigenvalue weighted by Crippen LogP contribution is -2.34. The average Bonchev–Trinajstić information content (AvgIpc) is 2.80. The molecule has 3 rings (SSSR count). The first-order chi connectivity index (χ1) is 15.0. The molecular weight excluding hydrogens is 396 g/mol. The van der Waals surface area contributed by atoms with Gasteiger partial charge in [0.25, 0.3) is 5.91 Å². The molecule has 160 valence electrons. The Bertz CT molecular complexity index is 1060. The number of hydrogen-bond acceptors (Lipinski definition) is 5. The Morgan fingerprint density at radius 2 is 1.58 bits per heavy atom. The zero-order valence-corrected chi connectivity index (χ0v) is 17.2. The number of nitrogens with one attached hydrogen (secondary N) is 2. The first kappa shape index (κ1) is 21.8. The standard InChI is InChI=1S/C24H24N2O5/c1-30-20-11-9-17(10-12-20)14-25-23(28)16-31-24(29)15-26-22(27)13-19-7-4-6-18-5-2-3-8-21(18)19/h2-12H,13-16H2,1H3,(H,25,28)(H,26,27). The molecule has 7 heteroatoms. The molecule has 0 unspecified atom stereocenters. The van der Waals surface area contributed by atoms with Crippen LogP contribution in [0.25, 0.3) is 10.8 Å². The molecule has 0 aliphatic carbocycles. The van der Waals surface area contributed by atoms with Gasteiger partial charge in [-0.15, -0.1) is 0 Å². The van der Waals surface area contributed by atoms with Crippen molar-refractivity contribution in [1.82, 2.24) is 10.6 Å². The third-order valence-corrected chi connectivity index (χ3v) is 4.67. The minimum absolute atomic E-state index is 0.150. The lowest BCUT2D eigenvalue weighted by Gasteiger charge is -2.09. The van der Waals surface area contributed by atoms with Crippen LogP contribution in [0.15, 0.2) is 66.7 Å². The van der Waals surface area contributed by atoms with Crippen LogP contribution in [0.5, 0.6) is 5.75 Å². The molecule has 0 aliphatic rings. The van der Waals surface area contributed by atoms with Gasteiger partial charge in [-0.25, -0.2) is 0 Å². The second kappa shape index (κ2) is 10.8. The molecule has 0 saturated heterocycles. The van der Waals surface area contributed by atoms with Gasteiger partial charge < -0.3 is 20.1 Å². The van der Waals surface area contributed by atoms with Crippen molar-refractivity contribution in [2.24, 2.45) is 0 Å². The van der Waals surface area contributed by atoms with E-state index in [0.29, 0.717) is 6.54 Å². The predicted molar refractivity (Wildman–Crippen MR) is 116 cm³/mol. The summed E-state index contributed by atoms with van der Waals surface area (Å²) in [6, 6.07) is 20.8. The van der Waals surface area contributed by atoms with Crippen molar-refractivity contribution in [3.05, 3.63) is 77.9 Å². The number of amides is 2. The Labute approximate surface area is 180 Å². The van der Waals surface area contributed by atoms with Gasteiger partial charge in [0.05, 0.1) is 13.5 Å². The third-order valence-electron chi connectivity index (χ3n) is 4.67. The molecule has 0 spiro atoms. The van der Waals surface area contributed by atoms with E-state index in [-0.39, 0.29) is 18.9 Å². The maximum absolute atomic E-state index is 12.2. The molecule has 2 N–H and O–H groups in total. The van der Waals surface area contributed by atoms with Crippen LogP contribution in [-0.4, -0.2) is 38.0 Å². The van der Waals surface area contributed by atoms with Crippen LogP contribution in [0.3, 0.4) is 0 Å². The largest absolute Gasteiger partial charge is 0.497 e. The first-order valence-corrected chi connectivity index (χ1v) is 9.84. The molecule has 0 bridgehead atoms. The van der Waals surface area contributed by atoms with Crippen LogP contribution >= 0.6 is 0 Å². The van der Waals surface area contributed by atoms with E-state index in [1.807, 2.05) is 54.6 Å².